The molecular formula is C11H14ClNO2S. The third-order valence-corrected chi connectivity index (χ3v) is 4.44. The van der Waals surface area contributed by atoms with Gasteiger partial charge < -0.3 is 5.32 Å². The van der Waals surface area contributed by atoms with Gasteiger partial charge in [0.05, 0.1) is 10.4 Å². The molecule has 0 aromatic heterocycles. The molecule has 0 radical (unpaired) electrons. The van der Waals surface area contributed by atoms with Crippen LogP contribution in [0.15, 0.2) is 29.2 Å². The summed E-state index contributed by atoms with van der Waals surface area (Å²) in [7, 11) is -3.11. The lowest BCUT2D eigenvalue weighted by Crippen LogP contribution is -2.22. The van der Waals surface area contributed by atoms with Crippen LogP contribution in [0.4, 0.5) is 5.69 Å². The third kappa shape index (κ3) is 2.50. The number of benzene rings is 1. The molecule has 5 heteroatoms. The smallest absolute Gasteiger partial charge is 0.175 e. The molecule has 1 fully saturated rings. The van der Waals surface area contributed by atoms with E-state index in [2.05, 4.69) is 5.32 Å². The maximum atomic E-state index is 11.3. The summed E-state index contributed by atoms with van der Waals surface area (Å²) in [5.41, 5.74) is 0.958. The van der Waals surface area contributed by atoms with Gasteiger partial charge in [0.1, 0.15) is 0 Å². The van der Waals surface area contributed by atoms with Crippen molar-refractivity contribution in [2.45, 2.75) is 23.3 Å². The van der Waals surface area contributed by atoms with E-state index in [1.54, 1.807) is 24.3 Å². The van der Waals surface area contributed by atoms with Gasteiger partial charge in [0.25, 0.3) is 0 Å². The van der Waals surface area contributed by atoms with E-state index in [1.807, 2.05) is 0 Å². The largest absolute Gasteiger partial charge is 0.378 e. The number of anilines is 1. The first kappa shape index (κ1) is 11.7. The summed E-state index contributed by atoms with van der Waals surface area (Å²) < 4.78 is 22.5. The second-order valence-corrected chi connectivity index (χ2v) is 6.62. The Bertz CT molecular complexity index is 477. The van der Waals surface area contributed by atoms with Gasteiger partial charge in [-0.3, -0.25) is 0 Å². The summed E-state index contributed by atoms with van der Waals surface area (Å²) in [5.74, 6) is 0.584. The highest BCUT2D eigenvalue weighted by Gasteiger charge is 2.41. The van der Waals surface area contributed by atoms with Crippen LogP contribution in [-0.2, 0) is 9.84 Å². The summed E-state index contributed by atoms with van der Waals surface area (Å²) in [6.45, 7) is 0. The Morgan fingerprint density at radius 1 is 1.31 bits per heavy atom. The normalized spacial score (nSPS) is 18.1. The second-order valence-electron chi connectivity index (χ2n) is 4.34. The zero-order valence-electron chi connectivity index (χ0n) is 9.03. The van der Waals surface area contributed by atoms with Crippen molar-refractivity contribution in [2.75, 3.05) is 17.5 Å². The summed E-state index contributed by atoms with van der Waals surface area (Å²) in [4.78, 5) is 0.341. The molecule has 0 spiro atoms. The van der Waals surface area contributed by atoms with Crippen molar-refractivity contribution >= 4 is 27.1 Å². The monoisotopic (exact) mass is 259 g/mol. The lowest BCUT2D eigenvalue weighted by Gasteiger charge is -2.15. The number of nitrogens with one attached hydrogen (secondary N) is 1. The molecule has 0 amide bonds. The van der Waals surface area contributed by atoms with Crippen LogP contribution in [0.5, 0.6) is 0 Å². The first-order valence-electron chi connectivity index (χ1n) is 5.09. The molecule has 16 heavy (non-hydrogen) atoms. The van der Waals surface area contributed by atoms with Crippen LogP contribution < -0.4 is 5.32 Å². The summed E-state index contributed by atoms with van der Waals surface area (Å²) in [6.07, 6.45) is 3.35. The van der Waals surface area contributed by atoms with Crippen molar-refractivity contribution in [1.82, 2.24) is 0 Å². The first-order valence-corrected chi connectivity index (χ1v) is 7.52. The van der Waals surface area contributed by atoms with Crippen LogP contribution in [0.3, 0.4) is 0 Å². The predicted molar refractivity (Wildman–Crippen MR) is 65.9 cm³/mol. The van der Waals surface area contributed by atoms with Crippen molar-refractivity contribution < 1.29 is 8.42 Å². The fourth-order valence-electron chi connectivity index (χ4n) is 1.53. The molecule has 1 saturated carbocycles. The van der Waals surface area contributed by atoms with Crippen molar-refractivity contribution in [3.63, 3.8) is 0 Å². The Labute approximate surface area is 101 Å². The van der Waals surface area contributed by atoms with E-state index >= 15 is 0 Å². The van der Waals surface area contributed by atoms with Gasteiger partial charge in [-0.15, -0.1) is 11.6 Å². The van der Waals surface area contributed by atoms with E-state index in [9.17, 15) is 8.42 Å². The molecule has 1 aromatic carbocycles. The predicted octanol–water partition coefficient (Wildman–Crippen LogP) is 2.27. The van der Waals surface area contributed by atoms with Gasteiger partial charge in [0, 0.05) is 17.8 Å². The molecule has 1 aliphatic carbocycles. The van der Waals surface area contributed by atoms with E-state index in [0.717, 1.165) is 18.5 Å². The van der Waals surface area contributed by atoms with Gasteiger partial charge in [-0.1, -0.05) is 0 Å². The van der Waals surface area contributed by atoms with E-state index in [4.69, 9.17) is 11.6 Å². The number of halogens is 1. The van der Waals surface area contributed by atoms with Crippen LogP contribution >= 0.6 is 11.6 Å². The van der Waals surface area contributed by atoms with Gasteiger partial charge in [-0.05, 0) is 37.1 Å². The summed E-state index contributed by atoms with van der Waals surface area (Å²) in [5, 5.41) is 3.33. The number of sulfone groups is 1. The lowest BCUT2D eigenvalue weighted by atomic mass is 10.2. The number of alkyl halides is 1. The molecule has 88 valence electrons. The average molecular weight is 260 g/mol. The van der Waals surface area contributed by atoms with E-state index < -0.39 is 9.84 Å². The van der Waals surface area contributed by atoms with Crippen LogP contribution in [0.2, 0.25) is 0 Å². The SMILES string of the molecule is CS(=O)(=O)c1ccc(NC2(CCl)CC2)cc1. The molecule has 0 unspecified atom stereocenters. The topological polar surface area (TPSA) is 46.2 Å². The van der Waals surface area contributed by atoms with Crippen molar-refractivity contribution in [3.8, 4) is 0 Å². The van der Waals surface area contributed by atoms with E-state index in [0.29, 0.717) is 10.8 Å². The minimum Gasteiger partial charge on any atom is -0.378 e. The molecule has 1 aliphatic rings. The minimum absolute atomic E-state index is 0.0359. The maximum Gasteiger partial charge on any atom is 0.175 e. The first-order chi connectivity index (χ1) is 7.45. The van der Waals surface area contributed by atoms with Gasteiger partial charge in [0.15, 0.2) is 9.84 Å². The standard InChI is InChI=1S/C11H14ClNO2S/c1-16(14,15)10-4-2-9(3-5-10)13-11(8-12)6-7-11/h2-5,13H,6-8H2,1H3. The highest BCUT2D eigenvalue weighted by Crippen LogP contribution is 2.39. The zero-order chi connectivity index (χ0) is 11.8. The van der Waals surface area contributed by atoms with E-state index in [1.165, 1.54) is 6.26 Å². The number of rotatable bonds is 4. The van der Waals surface area contributed by atoms with Gasteiger partial charge in [-0.25, -0.2) is 8.42 Å². The summed E-state index contributed by atoms with van der Waals surface area (Å²) >= 11 is 5.85. The molecule has 1 N–H and O–H groups in total. The Morgan fingerprint density at radius 3 is 2.25 bits per heavy atom. The van der Waals surface area contributed by atoms with E-state index in [-0.39, 0.29) is 5.54 Å². The molecule has 0 atom stereocenters. The van der Waals surface area contributed by atoms with Gasteiger partial charge in [-0.2, -0.15) is 0 Å². The van der Waals surface area contributed by atoms with Crippen molar-refractivity contribution in [2.24, 2.45) is 0 Å². The van der Waals surface area contributed by atoms with Crippen LogP contribution in [0.25, 0.3) is 0 Å². The molecule has 0 heterocycles. The molecule has 1 aromatic rings. The van der Waals surface area contributed by atoms with Crippen molar-refractivity contribution in [3.05, 3.63) is 24.3 Å². The molecule has 0 saturated heterocycles. The van der Waals surface area contributed by atoms with Gasteiger partial charge in [0.2, 0.25) is 0 Å². The number of hydrogen-bond donors (Lipinski definition) is 1. The highest BCUT2D eigenvalue weighted by atomic mass is 35.5. The Kier molecular flexibility index (Phi) is 2.88. The van der Waals surface area contributed by atoms with Crippen LogP contribution in [-0.4, -0.2) is 26.1 Å². The molecule has 2 rings (SSSR count). The quantitative estimate of drug-likeness (QED) is 0.844. The summed E-state index contributed by atoms with van der Waals surface area (Å²) in [6, 6.07) is 6.79. The Morgan fingerprint density at radius 2 is 1.88 bits per heavy atom. The molecule has 3 nitrogen and oxygen atoms in total. The number of hydrogen-bond acceptors (Lipinski definition) is 3. The third-order valence-electron chi connectivity index (χ3n) is 2.80. The van der Waals surface area contributed by atoms with Gasteiger partial charge >= 0.3 is 0 Å². The Balaban J connectivity index is 2.14. The lowest BCUT2D eigenvalue weighted by molar-refractivity contribution is 0.602. The molecular weight excluding hydrogens is 246 g/mol. The van der Waals surface area contributed by atoms with Crippen LogP contribution in [0, 0.1) is 0 Å². The maximum absolute atomic E-state index is 11.3. The average Bonchev–Trinajstić information content (AvgIpc) is 2.98. The molecule has 0 aliphatic heterocycles. The fourth-order valence-corrected chi connectivity index (χ4v) is 2.50. The van der Waals surface area contributed by atoms with Crippen LogP contribution in [0.1, 0.15) is 12.8 Å². The molecule has 0 bridgehead atoms. The second kappa shape index (κ2) is 3.93. The Hall–Kier alpha value is -0.740. The van der Waals surface area contributed by atoms with Crippen molar-refractivity contribution in [1.29, 1.82) is 0 Å². The fraction of sp³-hybridized carbons (Fsp3) is 0.455. The zero-order valence-corrected chi connectivity index (χ0v) is 10.6. The highest BCUT2D eigenvalue weighted by molar-refractivity contribution is 7.90. The minimum atomic E-state index is -3.11.